The lowest BCUT2D eigenvalue weighted by atomic mass is 9.77. The molecule has 0 saturated carbocycles. The topological polar surface area (TPSA) is 58.6 Å². The van der Waals surface area contributed by atoms with Gasteiger partial charge in [0.2, 0.25) is 5.91 Å². The van der Waals surface area contributed by atoms with Crippen LogP contribution in [0.3, 0.4) is 0 Å². The second kappa shape index (κ2) is 5.62. The zero-order valence-corrected chi connectivity index (χ0v) is 12.8. The van der Waals surface area contributed by atoms with Crippen LogP contribution >= 0.6 is 0 Å². The standard InChI is InChI=1S/C15H26N2O3/c1-14(2,3)20-13(19)17-10-4-6-15(7-5-11-17)8-9-16-12(15)18/h4-11H2,1-3H3,(H,16,18). The first-order valence-electron chi connectivity index (χ1n) is 7.59. The number of carbonyl (C=O) groups excluding carboxylic acids is 2. The van der Waals surface area contributed by atoms with Gasteiger partial charge in [-0.25, -0.2) is 4.79 Å². The molecule has 5 nitrogen and oxygen atoms in total. The summed E-state index contributed by atoms with van der Waals surface area (Å²) in [5.41, 5.74) is -0.619. The van der Waals surface area contributed by atoms with E-state index in [0.717, 1.165) is 38.6 Å². The highest BCUT2D eigenvalue weighted by Gasteiger charge is 2.42. The van der Waals surface area contributed by atoms with E-state index in [1.54, 1.807) is 4.90 Å². The minimum Gasteiger partial charge on any atom is -0.444 e. The van der Waals surface area contributed by atoms with Crippen LogP contribution in [0, 0.1) is 5.41 Å². The Morgan fingerprint density at radius 3 is 2.25 bits per heavy atom. The summed E-state index contributed by atoms with van der Waals surface area (Å²) in [5, 5.41) is 2.95. The molecule has 20 heavy (non-hydrogen) atoms. The summed E-state index contributed by atoms with van der Waals surface area (Å²) in [6.45, 7) is 7.81. The minimum atomic E-state index is -0.452. The monoisotopic (exact) mass is 282 g/mol. The summed E-state index contributed by atoms with van der Waals surface area (Å²) in [4.78, 5) is 25.9. The Balaban J connectivity index is 1.91. The van der Waals surface area contributed by atoms with E-state index < -0.39 is 5.60 Å². The van der Waals surface area contributed by atoms with Crippen LogP contribution in [0.2, 0.25) is 0 Å². The summed E-state index contributed by atoms with van der Waals surface area (Å²) < 4.78 is 5.42. The molecule has 1 N–H and O–H groups in total. The van der Waals surface area contributed by atoms with Crippen molar-refractivity contribution in [1.29, 1.82) is 0 Å². The van der Waals surface area contributed by atoms with E-state index in [-0.39, 0.29) is 17.4 Å². The number of hydrogen-bond donors (Lipinski definition) is 1. The van der Waals surface area contributed by atoms with E-state index in [2.05, 4.69) is 5.32 Å². The molecule has 0 aliphatic carbocycles. The molecule has 0 aromatic rings. The van der Waals surface area contributed by atoms with Crippen LogP contribution in [-0.4, -0.2) is 42.1 Å². The molecular formula is C15H26N2O3. The van der Waals surface area contributed by atoms with E-state index in [1.807, 2.05) is 20.8 Å². The van der Waals surface area contributed by atoms with Crippen molar-refractivity contribution < 1.29 is 14.3 Å². The summed E-state index contributed by atoms with van der Waals surface area (Å²) in [5.74, 6) is 0.211. The molecule has 2 rings (SSSR count). The van der Waals surface area contributed by atoms with Crippen LogP contribution in [0.25, 0.3) is 0 Å². The minimum absolute atomic E-state index is 0.167. The van der Waals surface area contributed by atoms with Gasteiger partial charge in [-0.3, -0.25) is 4.79 Å². The molecule has 0 unspecified atom stereocenters. The van der Waals surface area contributed by atoms with Gasteiger partial charge in [0.1, 0.15) is 5.60 Å². The highest BCUT2D eigenvalue weighted by molar-refractivity contribution is 5.84. The fourth-order valence-corrected chi connectivity index (χ4v) is 3.16. The predicted octanol–water partition coefficient (Wildman–Crippen LogP) is 2.30. The number of rotatable bonds is 0. The van der Waals surface area contributed by atoms with Crippen LogP contribution in [0.1, 0.15) is 52.9 Å². The summed E-state index contributed by atoms with van der Waals surface area (Å²) in [6.07, 6.45) is 4.19. The molecule has 2 saturated heterocycles. The van der Waals surface area contributed by atoms with Crippen LogP contribution in [0.15, 0.2) is 0 Å². The second-order valence-corrected chi connectivity index (χ2v) is 6.96. The Bertz CT molecular complexity index is 377. The van der Waals surface area contributed by atoms with Gasteiger partial charge in [-0.15, -0.1) is 0 Å². The van der Waals surface area contributed by atoms with Gasteiger partial charge in [0.25, 0.3) is 0 Å². The average molecular weight is 282 g/mol. The Morgan fingerprint density at radius 2 is 1.80 bits per heavy atom. The molecule has 0 aromatic heterocycles. The molecule has 2 aliphatic rings. The van der Waals surface area contributed by atoms with Crippen molar-refractivity contribution in [3.63, 3.8) is 0 Å². The van der Waals surface area contributed by atoms with Crippen molar-refractivity contribution >= 4 is 12.0 Å². The summed E-state index contributed by atoms with van der Waals surface area (Å²) in [6, 6.07) is 0. The van der Waals surface area contributed by atoms with Gasteiger partial charge in [0, 0.05) is 19.6 Å². The van der Waals surface area contributed by atoms with E-state index in [9.17, 15) is 9.59 Å². The number of likely N-dealkylation sites (tertiary alicyclic amines) is 1. The number of carbonyl (C=O) groups is 2. The predicted molar refractivity (Wildman–Crippen MR) is 76.3 cm³/mol. The largest absolute Gasteiger partial charge is 0.444 e. The molecule has 2 fully saturated rings. The molecule has 114 valence electrons. The lowest BCUT2D eigenvalue weighted by Crippen LogP contribution is -2.41. The third kappa shape index (κ3) is 3.44. The third-order valence-electron chi connectivity index (χ3n) is 4.19. The van der Waals surface area contributed by atoms with Crippen LogP contribution < -0.4 is 5.32 Å². The number of hydrogen-bond acceptors (Lipinski definition) is 3. The Kier molecular flexibility index (Phi) is 4.25. The molecule has 0 bridgehead atoms. The highest BCUT2D eigenvalue weighted by atomic mass is 16.6. The molecule has 2 aliphatic heterocycles. The maximum absolute atomic E-state index is 12.1. The molecule has 2 amide bonds. The quantitative estimate of drug-likeness (QED) is 0.741. The van der Waals surface area contributed by atoms with Crippen LogP contribution in [0.5, 0.6) is 0 Å². The van der Waals surface area contributed by atoms with E-state index in [4.69, 9.17) is 4.74 Å². The lowest BCUT2D eigenvalue weighted by Gasteiger charge is -2.33. The normalized spacial score (nSPS) is 23.1. The van der Waals surface area contributed by atoms with Crippen molar-refractivity contribution in [3.8, 4) is 0 Å². The molecule has 1 spiro atoms. The van der Waals surface area contributed by atoms with Gasteiger partial charge in [-0.1, -0.05) is 0 Å². The summed E-state index contributed by atoms with van der Waals surface area (Å²) in [7, 11) is 0. The smallest absolute Gasteiger partial charge is 0.410 e. The van der Waals surface area contributed by atoms with E-state index in [0.29, 0.717) is 13.1 Å². The number of ether oxygens (including phenoxy) is 1. The number of amides is 2. The molecule has 5 heteroatoms. The van der Waals surface area contributed by atoms with Gasteiger partial charge in [-0.05, 0) is 52.9 Å². The number of nitrogens with one attached hydrogen (secondary N) is 1. The van der Waals surface area contributed by atoms with Gasteiger partial charge in [-0.2, -0.15) is 0 Å². The Labute approximate surface area is 121 Å². The second-order valence-electron chi connectivity index (χ2n) is 6.96. The third-order valence-corrected chi connectivity index (χ3v) is 4.19. The first-order chi connectivity index (χ1) is 9.32. The fraction of sp³-hybridized carbons (Fsp3) is 0.867. The Hall–Kier alpha value is -1.26. The zero-order chi connectivity index (χ0) is 14.8. The van der Waals surface area contributed by atoms with Crippen LogP contribution in [0.4, 0.5) is 4.79 Å². The molecule has 2 heterocycles. The number of nitrogens with zero attached hydrogens (tertiary/aromatic N) is 1. The highest BCUT2D eigenvalue weighted by Crippen LogP contribution is 2.38. The van der Waals surface area contributed by atoms with Crippen molar-refractivity contribution in [2.24, 2.45) is 5.41 Å². The van der Waals surface area contributed by atoms with Crippen LogP contribution in [-0.2, 0) is 9.53 Å². The Morgan fingerprint density at radius 1 is 1.20 bits per heavy atom. The SMILES string of the molecule is CC(C)(C)OC(=O)N1CCCC2(CCC1)CCNC2=O. The molecule has 0 atom stereocenters. The van der Waals surface area contributed by atoms with Gasteiger partial charge >= 0.3 is 6.09 Å². The maximum atomic E-state index is 12.1. The van der Waals surface area contributed by atoms with Crippen molar-refractivity contribution in [2.45, 2.75) is 58.5 Å². The fourth-order valence-electron chi connectivity index (χ4n) is 3.16. The van der Waals surface area contributed by atoms with Crippen molar-refractivity contribution in [1.82, 2.24) is 10.2 Å². The van der Waals surface area contributed by atoms with Gasteiger partial charge in [0.15, 0.2) is 0 Å². The van der Waals surface area contributed by atoms with Crippen molar-refractivity contribution in [3.05, 3.63) is 0 Å². The first kappa shape index (κ1) is 15.1. The summed E-state index contributed by atoms with van der Waals surface area (Å²) >= 11 is 0. The van der Waals surface area contributed by atoms with Gasteiger partial charge < -0.3 is 15.0 Å². The average Bonchev–Trinajstić information content (AvgIpc) is 2.63. The van der Waals surface area contributed by atoms with Gasteiger partial charge in [0.05, 0.1) is 5.41 Å². The molecule has 0 radical (unpaired) electrons. The molecular weight excluding hydrogens is 256 g/mol. The van der Waals surface area contributed by atoms with Crippen molar-refractivity contribution in [2.75, 3.05) is 19.6 Å². The maximum Gasteiger partial charge on any atom is 0.410 e. The lowest BCUT2D eigenvalue weighted by molar-refractivity contribution is -0.128. The molecule has 0 aromatic carbocycles. The zero-order valence-electron chi connectivity index (χ0n) is 12.8. The van der Waals surface area contributed by atoms with E-state index in [1.165, 1.54) is 0 Å². The first-order valence-corrected chi connectivity index (χ1v) is 7.59. The van der Waals surface area contributed by atoms with E-state index >= 15 is 0 Å².